The van der Waals surface area contributed by atoms with Crippen LogP contribution in [0.1, 0.15) is 138 Å². The predicted octanol–water partition coefficient (Wildman–Crippen LogP) is 6.48. The van der Waals surface area contributed by atoms with Crippen molar-refractivity contribution in [3.05, 3.63) is 0 Å². The van der Waals surface area contributed by atoms with Gasteiger partial charge in [0.2, 0.25) is 0 Å². The minimum atomic E-state index is -0.507. The summed E-state index contributed by atoms with van der Waals surface area (Å²) in [6, 6.07) is 0. The molecule has 27 heavy (non-hydrogen) atoms. The van der Waals surface area contributed by atoms with Crippen molar-refractivity contribution < 1.29 is 17.8 Å². The Morgan fingerprint density at radius 3 is 1.15 bits per heavy atom. The van der Waals surface area contributed by atoms with Crippen LogP contribution >= 0.6 is 0 Å². The van der Waals surface area contributed by atoms with Gasteiger partial charge in [-0.15, -0.1) is 0 Å². The van der Waals surface area contributed by atoms with Crippen molar-refractivity contribution in [1.82, 2.24) is 0 Å². The summed E-state index contributed by atoms with van der Waals surface area (Å²) in [4.78, 5) is 14.4. The van der Waals surface area contributed by atoms with Crippen LogP contribution in [0.4, 0.5) is 0 Å². The Hall–Kier alpha value is 0.729. The van der Waals surface area contributed by atoms with Crippen LogP contribution in [0.3, 0.4) is 0 Å². The molecule has 0 aromatic heterocycles. The monoisotopic (exact) mass is 412 g/mol. The predicted molar refractivity (Wildman–Crippen MR) is 125 cm³/mol. The summed E-state index contributed by atoms with van der Waals surface area (Å²) in [5, 5.41) is 8.14. The standard InChI is InChI=1S/C22H44O3.Al.Mg.5H/c1-2-3-4-5-6-7-8-9-10-11-12-13-14-15-16-17-18-19-20-21-22(23)25-24;;;;;;;/h24H,2-21H2,1H3;;;;;;;/q;;+2;;;;2*-1. The molecule has 0 aliphatic carbocycles. The van der Waals surface area contributed by atoms with Gasteiger partial charge in [0, 0.05) is 6.42 Å². The van der Waals surface area contributed by atoms with E-state index in [1.54, 1.807) is 0 Å². The van der Waals surface area contributed by atoms with E-state index in [1.165, 1.54) is 109 Å². The second-order valence-corrected chi connectivity index (χ2v) is 7.58. The summed E-state index contributed by atoms with van der Waals surface area (Å²) >= 11 is 0. The Labute approximate surface area is 199 Å². The first-order chi connectivity index (χ1) is 12.3. The molecule has 0 amide bonds. The molecule has 0 fully saturated rings. The van der Waals surface area contributed by atoms with Gasteiger partial charge in [0.25, 0.3) is 0 Å². The fraction of sp³-hybridized carbons (Fsp3) is 0.955. The molecule has 5 heteroatoms. The molecular formula is C22H49AlMgO3. The van der Waals surface area contributed by atoms with Crippen LogP contribution in [0.5, 0.6) is 0 Å². The molecule has 0 heterocycles. The van der Waals surface area contributed by atoms with Crippen LogP contribution in [0.2, 0.25) is 0 Å². The summed E-state index contributed by atoms with van der Waals surface area (Å²) < 4.78 is 0. The first-order valence-electron chi connectivity index (χ1n) is 11.2. The van der Waals surface area contributed by atoms with Crippen LogP contribution in [-0.2, 0) is 9.68 Å². The van der Waals surface area contributed by atoms with E-state index in [1.807, 2.05) is 0 Å². The Bertz CT molecular complexity index is 289. The average molecular weight is 413 g/mol. The first-order valence-corrected chi connectivity index (χ1v) is 11.2. The molecule has 0 atom stereocenters. The molecule has 0 aliphatic rings. The van der Waals surface area contributed by atoms with E-state index in [0.29, 0.717) is 6.42 Å². The zero-order valence-corrected chi connectivity index (χ0v) is 19.0. The van der Waals surface area contributed by atoms with Crippen LogP contribution in [0.25, 0.3) is 0 Å². The topological polar surface area (TPSA) is 46.5 Å². The second kappa shape index (κ2) is 28.9. The SMILES string of the molecule is CCCCCCCCCCCCCCCCCCCCCC(=O)OO.[AlH3].[H-].[H-].[Mg+2]. The molecule has 160 valence electrons. The van der Waals surface area contributed by atoms with E-state index >= 15 is 0 Å². The van der Waals surface area contributed by atoms with E-state index in [2.05, 4.69) is 11.8 Å². The Morgan fingerprint density at radius 1 is 0.630 bits per heavy atom. The Kier molecular flexibility index (Phi) is 34.7. The third-order valence-corrected chi connectivity index (χ3v) is 5.09. The van der Waals surface area contributed by atoms with Crippen molar-refractivity contribution in [3.8, 4) is 0 Å². The van der Waals surface area contributed by atoms with Crippen molar-refractivity contribution in [3.63, 3.8) is 0 Å². The molecule has 0 rings (SSSR count). The van der Waals surface area contributed by atoms with Crippen molar-refractivity contribution in [2.45, 2.75) is 135 Å². The Morgan fingerprint density at radius 2 is 0.889 bits per heavy atom. The maximum Gasteiger partial charge on any atom is 2.00 e. The van der Waals surface area contributed by atoms with Gasteiger partial charge in [-0.25, -0.2) is 4.79 Å². The maximum absolute atomic E-state index is 10.7. The quantitative estimate of drug-likeness (QED) is 0.108. The average Bonchev–Trinajstić information content (AvgIpc) is 2.63. The summed E-state index contributed by atoms with van der Waals surface area (Å²) in [6.45, 7) is 2.28. The third-order valence-electron chi connectivity index (χ3n) is 5.09. The third kappa shape index (κ3) is 29.0. The van der Waals surface area contributed by atoms with Gasteiger partial charge >= 0.3 is 29.0 Å². The molecule has 0 saturated heterocycles. The first kappa shape index (κ1) is 32.4. The van der Waals surface area contributed by atoms with Crippen LogP contribution in [-0.4, -0.2) is 51.6 Å². The van der Waals surface area contributed by atoms with Gasteiger partial charge in [0.1, 0.15) is 0 Å². The van der Waals surface area contributed by atoms with E-state index in [9.17, 15) is 4.79 Å². The van der Waals surface area contributed by atoms with Crippen LogP contribution in [0.15, 0.2) is 0 Å². The zero-order valence-electron chi connectivity index (χ0n) is 19.6. The summed E-state index contributed by atoms with van der Waals surface area (Å²) in [5.74, 6) is -0.507. The number of carbonyl (C=O) groups is 1. The zero-order chi connectivity index (χ0) is 18.4. The molecule has 1 N–H and O–H groups in total. The van der Waals surface area contributed by atoms with Gasteiger partial charge in [-0.1, -0.05) is 122 Å². The van der Waals surface area contributed by atoms with E-state index in [0.717, 1.165) is 12.8 Å². The molecule has 0 bridgehead atoms. The largest absolute Gasteiger partial charge is 2.00 e. The molecule has 3 nitrogen and oxygen atoms in total. The molecule has 0 aromatic carbocycles. The summed E-state index contributed by atoms with van der Waals surface area (Å²) in [5.41, 5.74) is 0. The van der Waals surface area contributed by atoms with Gasteiger partial charge in [-0.3, -0.25) is 0 Å². The fourth-order valence-electron chi connectivity index (χ4n) is 3.39. The number of hydrogen-bond acceptors (Lipinski definition) is 3. The maximum atomic E-state index is 10.7. The van der Waals surface area contributed by atoms with Gasteiger partial charge in [0.05, 0.1) is 0 Å². The van der Waals surface area contributed by atoms with Gasteiger partial charge in [-0.2, -0.15) is 5.26 Å². The van der Waals surface area contributed by atoms with Crippen molar-refractivity contribution >= 4 is 46.4 Å². The number of hydrogen-bond donors (Lipinski definition) is 1. The van der Waals surface area contributed by atoms with Crippen molar-refractivity contribution in [1.29, 1.82) is 0 Å². The minimum Gasteiger partial charge on any atom is -1.00 e. The summed E-state index contributed by atoms with van der Waals surface area (Å²) in [7, 11) is 0. The number of rotatable bonds is 20. The Balaban J connectivity index is -0.000000480. The van der Waals surface area contributed by atoms with Gasteiger partial charge in [0.15, 0.2) is 17.4 Å². The van der Waals surface area contributed by atoms with E-state index in [4.69, 9.17) is 5.26 Å². The molecule has 0 aromatic rings. The van der Waals surface area contributed by atoms with Gasteiger partial charge < -0.3 is 7.74 Å². The number of unbranched alkanes of at least 4 members (excludes halogenated alkanes) is 18. The molecule has 0 saturated carbocycles. The smallest absolute Gasteiger partial charge is 1.00 e. The molecule has 0 unspecified atom stereocenters. The normalized spacial score (nSPS) is 10.1. The van der Waals surface area contributed by atoms with E-state index < -0.39 is 5.97 Å². The fourth-order valence-corrected chi connectivity index (χ4v) is 3.39. The molecule has 0 aliphatic heterocycles. The second-order valence-electron chi connectivity index (χ2n) is 7.58. The summed E-state index contributed by atoms with van der Waals surface area (Å²) in [6.07, 6.45) is 25.9. The minimum absolute atomic E-state index is 0. The molecule has 0 radical (unpaired) electrons. The van der Waals surface area contributed by atoms with Crippen LogP contribution < -0.4 is 0 Å². The van der Waals surface area contributed by atoms with Crippen LogP contribution in [0, 0.1) is 0 Å². The van der Waals surface area contributed by atoms with Crippen molar-refractivity contribution in [2.75, 3.05) is 0 Å². The number of carbonyl (C=O) groups excluding carboxylic acids is 1. The van der Waals surface area contributed by atoms with Gasteiger partial charge in [-0.05, 0) is 6.42 Å². The molecular weight excluding hydrogens is 364 g/mol. The van der Waals surface area contributed by atoms with E-state index in [-0.39, 0.29) is 43.3 Å². The van der Waals surface area contributed by atoms with Crippen molar-refractivity contribution in [2.24, 2.45) is 0 Å². The molecule has 0 spiro atoms.